The predicted octanol–water partition coefficient (Wildman–Crippen LogP) is 24.9. The first-order chi connectivity index (χ1) is 45.6. The number of rotatable bonds is 72. The highest BCUT2D eigenvalue weighted by Gasteiger charge is 2.42. The molecule has 1 saturated carbocycles. The minimum Gasteiger partial charge on any atom is -0.462 e. The van der Waals surface area contributed by atoms with Crippen molar-refractivity contribution < 1.29 is 28.6 Å². The van der Waals surface area contributed by atoms with Crippen LogP contribution in [0.4, 0.5) is 0 Å². The van der Waals surface area contributed by atoms with E-state index in [2.05, 4.69) is 77.0 Å². The summed E-state index contributed by atoms with van der Waals surface area (Å²) in [6.07, 6.45) is 68.4. The molecule has 1 rings (SSSR count). The van der Waals surface area contributed by atoms with E-state index in [1.807, 2.05) is 0 Å². The average Bonchev–Trinajstić information content (AvgIpc) is 1.01. The molecule has 0 aromatic carbocycles. The summed E-state index contributed by atoms with van der Waals surface area (Å²) in [5, 5.41) is 0. The minimum absolute atomic E-state index is 0.206. The molecular formula is C84H165N3O6. The quantitative estimate of drug-likeness (QED) is 0.0336. The Balaban J connectivity index is 3.34. The van der Waals surface area contributed by atoms with Gasteiger partial charge in [0.2, 0.25) is 0 Å². The highest BCUT2D eigenvalue weighted by Crippen LogP contribution is 2.37. The van der Waals surface area contributed by atoms with Crippen LogP contribution in [0, 0.1) is 17.8 Å². The molecule has 0 spiro atoms. The molecule has 93 heavy (non-hydrogen) atoms. The zero-order chi connectivity index (χ0) is 67.7. The number of ether oxygens (including phenoxy) is 3. The monoisotopic (exact) mass is 1310 g/mol. The molecule has 0 radical (unpaired) electrons. The molecule has 3 unspecified atom stereocenters. The molecule has 1 fully saturated rings. The second kappa shape index (κ2) is 67.5. The number of carbonyl (C=O) groups excluding carboxylic acids is 3. The molecule has 1 aliphatic rings. The highest BCUT2D eigenvalue weighted by molar-refractivity contribution is 5.80. The van der Waals surface area contributed by atoms with Crippen molar-refractivity contribution in [2.75, 3.05) is 58.9 Å². The lowest BCUT2D eigenvalue weighted by Gasteiger charge is -2.34. The third kappa shape index (κ3) is 53.0. The van der Waals surface area contributed by atoms with E-state index < -0.39 is 17.8 Å². The number of carbonyl (C=O) groups is 3. The van der Waals surface area contributed by atoms with Crippen molar-refractivity contribution in [3.8, 4) is 0 Å². The standard InChI is InChI=1S/C84H165N3O6/c1-10-19-25-31-37-43-49-55-64-85(65-56-50-44-38-32-26-20-11-2)70-61-79(16-7)91-82(88)76-73-77(83(89)92-80(17-8)62-71-86(66-57-51-45-39-33-27-21-12-3)67-58-52-46-40-34-28-22-13-4)75-78(74-76)84(90)93-81(18-9)63-72-87(68-59-53-47-41-35-29-23-14-5)69-60-54-48-42-36-30-24-15-6/h76-81H,10-75H2,1-9H3. The number of hydrogen-bond donors (Lipinski definition) is 0. The fourth-order valence-corrected chi connectivity index (χ4v) is 14.5. The van der Waals surface area contributed by atoms with Gasteiger partial charge >= 0.3 is 17.9 Å². The van der Waals surface area contributed by atoms with E-state index in [0.29, 0.717) is 19.3 Å². The van der Waals surface area contributed by atoms with Crippen molar-refractivity contribution in [2.45, 2.75) is 447 Å². The van der Waals surface area contributed by atoms with Crippen LogP contribution in [0.5, 0.6) is 0 Å². The second-order valence-electron chi connectivity index (χ2n) is 29.9. The first-order valence-corrected chi connectivity index (χ1v) is 42.4. The van der Waals surface area contributed by atoms with Gasteiger partial charge in [-0.1, -0.05) is 332 Å². The van der Waals surface area contributed by atoms with E-state index in [-0.39, 0.29) is 36.2 Å². The van der Waals surface area contributed by atoms with Crippen molar-refractivity contribution in [3.63, 3.8) is 0 Å². The lowest BCUT2D eigenvalue weighted by atomic mass is 9.75. The summed E-state index contributed by atoms with van der Waals surface area (Å²) in [6, 6.07) is 0. The summed E-state index contributed by atoms with van der Waals surface area (Å²) in [7, 11) is 0. The third-order valence-electron chi connectivity index (χ3n) is 21.2. The van der Waals surface area contributed by atoms with Gasteiger partial charge in [-0.3, -0.25) is 14.4 Å². The molecular weight excluding hydrogens is 1150 g/mol. The molecule has 0 saturated heterocycles. The topological polar surface area (TPSA) is 88.6 Å². The Labute approximate surface area is 581 Å². The van der Waals surface area contributed by atoms with E-state index in [1.54, 1.807) is 0 Å². The van der Waals surface area contributed by atoms with Crippen LogP contribution in [0.25, 0.3) is 0 Å². The van der Waals surface area contributed by atoms with Crippen molar-refractivity contribution in [2.24, 2.45) is 17.8 Å². The van der Waals surface area contributed by atoms with Gasteiger partial charge in [-0.25, -0.2) is 0 Å². The fraction of sp³-hybridized carbons (Fsp3) is 0.964. The summed E-state index contributed by atoms with van der Waals surface area (Å²) in [5.74, 6) is -2.42. The van der Waals surface area contributed by atoms with E-state index in [9.17, 15) is 14.4 Å². The Bertz CT molecular complexity index is 1350. The van der Waals surface area contributed by atoms with Gasteiger partial charge in [0.1, 0.15) is 18.3 Å². The number of unbranched alkanes of at least 4 members (excludes halogenated alkanes) is 42. The van der Waals surface area contributed by atoms with Gasteiger partial charge in [-0.05, 0) is 136 Å². The van der Waals surface area contributed by atoms with Gasteiger partial charge in [-0.15, -0.1) is 0 Å². The summed E-state index contributed by atoms with van der Waals surface area (Å²) < 4.78 is 19.7. The summed E-state index contributed by atoms with van der Waals surface area (Å²) in [5.41, 5.74) is 0. The van der Waals surface area contributed by atoms with Crippen LogP contribution in [0.15, 0.2) is 0 Å². The first kappa shape index (κ1) is 89.3. The zero-order valence-electron chi connectivity index (χ0n) is 64.4. The van der Waals surface area contributed by atoms with Crippen LogP contribution in [0.2, 0.25) is 0 Å². The third-order valence-corrected chi connectivity index (χ3v) is 21.2. The summed E-state index contributed by atoms with van der Waals surface area (Å²) in [4.78, 5) is 52.2. The minimum atomic E-state index is -0.559. The van der Waals surface area contributed by atoms with Gasteiger partial charge in [0.05, 0.1) is 17.8 Å². The fourth-order valence-electron chi connectivity index (χ4n) is 14.5. The molecule has 1 aliphatic carbocycles. The van der Waals surface area contributed by atoms with Gasteiger partial charge in [0.25, 0.3) is 0 Å². The molecule has 0 amide bonds. The maximum absolute atomic E-state index is 14.7. The van der Waals surface area contributed by atoms with Crippen molar-refractivity contribution in [1.82, 2.24) is 14.7 Å². The van der Waals surface area contributed by atoms with Crippen LogP contribution < -0.4 is 0 Å². The molecule has 0 aliphatic heterocycles. The van der Waals surface area contributed by atoms with Crippen molar-refractivity contribution in [1.29, 1.82) is 0 Å². The van der Waals surface area contributed by atoms with Crippen LogP contribution in [0.3, 0.4) is 0 Å². The van der Waals surface area contributed by atoms with E-state index in [0.717, 1.165) is 97.4 Å². The maximum atomic E-state index is 14.7. The van der Waals surface area contributed by atoms with Crippen LogP contribution in [-0.4, -0.2) is 110 Å². The van der Waals surface area contributed by atoms with Gasteiger partial charge < -0.3 is 28.9 Å². The van der Waals surface area contributed by atoms with Crippen LogP contribution >= 0.6 is 0 Å². The smallest absolute Gasteiger partial charge is 0.309 e. The normalized spacial score (nSPS) is 16.2. The number of nitrogens with zero attached hydrogens (tertiary/aromatic N) is 3. The summed E-state index contributed by atoms with van der Waals surface area (Å²) in [6.45, 7) is 29.6. The second-order valence-corrected chi connectivity index (χ2v) is 29.9. The Kier molecular flexibility index (Phi) is 64.8. The van der Waals surface area contributed by atoms with Crippen molar-refractivity contribution in [3.05, 3.63) is 0 Å². The lowest BCUT2D eigenvalue weighted by molar-refractivity contribution is -0.167. The molecule has 0 aromatic heterocycles. The van der Waals surface area contributed by atoms with E-state index >= 15 is 0 Å². The molecule has 552 valence electrons. The molecule has 3 atom stereocenters. The van der Waals surface area contributed by atoms with E-state index in [4.69, 9.17) is 14.2 Å². The Morgan fingerprint density at radius 3 is 0.538 bits per heavy atom. The Morgan fingerprint density at radius 1 is 0.237 bits per heavy atom. The lowest BCUT2D eigenvalue weighted by Crippen LogP contribution is -2.40. The van der Waals surface area contributed by atoms with Gasteiger partial charge in [0.15, 0.2) is 0 Å². The average molecular weight is 1310 g/mol. The summed E-state index contributed by atoms with van der Waals surface area (Å²) >= 11 is 0. The molecule has 0 bridgehead atoms. The first-order valence-electron chi connectivity index (χ1n) is 42.4. The molecule has 9 heteroatoms. The van der Waals surface area contributed by atoms with E-state index in [1.165, 1.54) is 308 Å². The van der Waals surface area contributed by atoms with Crippen LogP contribution in [0.1, 0.15) is 428 Å². The molecule has 0 N–H and O–H groups in total. The van der Waals surface area contributed by atoms with Gasteiger partial charge in [-0.2, -0.15) is 0 Å². The maximum Gasteiger partial charge on any atom is 0.309 e. The Hall–Kier alpha value is -1.71. The zero-order valence-corrected chi connectivity index (χ0v) is 64.4. The highest BCUT2D eigenvalue weighted by atomic mass is 16.6. The van der Waals surface area contributed by atoms with Crippen molar-refractivity contribution >= 4 is 17.9 Å². The van der Waals surface area contributed by atoms with Gasteiger partial charge in [0, 0.05) is 19.6 Å². The molecule has 0 aromatic rings. The SMILES string of the molecule is CCCCCCCCCCN(CCCCCCCCCC)CCC(CC)OC(=O)C1C[C@H](C(=O)OC(CC)CCN(CCCCCCCCCC)CCCCCCCCCC)C[C@H](C(=O)OC(CC)CCN(CCCCCCCCCC)CCCCCCCCCC)C1. The number of hydrogen-bond acceptors (Lipinski definition) is 9. The van der Waals surface area contributed by atoms with Crippen LogP contribution in [-0.2, 0) is 28.6 Å². The predicted molar refractivity (Wildman–Crippen MR) is 404 cm³/mol. The largest absolute Gasteiger partial charge is 0.462 e. The molecule has 9 nitrogen and oxygen atoms in total. The molecule has 0 heterocycles. The number of esters is 3. The Morgan fingerprint density at radius 2 is 0.387 bits per heavy atom.